The van der Waals surface area contributed by atoms with Gasteiger partial charge in [-0.05, 0) is 42.1 Å². The van der Waals surface area contributed by atoms with Crippen LogP contribution >= 0.6 is 0 Å². The Balaban J connectivity index is 2.01. The molecule has 0 aliphatic carbocycles. The maximum atomic E-state index is 11.9. The average molecular weight is 289 g/mol. The van der Waals surface area contributed by atoms with Gasteiger partial charge in [0.25, 0.3) is 5.91 Å². The van der Waals surface area contributed by atoms with Crippen molar-refractivity contribution in [2.75, 3.05) is 11.9 Å². The molecule has 0 bridgehead atoms. The zero-order valence-corrected chi connectivity index (χ0v) is 12.6. The summed E-state index contributed by atoms with van der Waals surface area (Å²) in [5.41, 5.74) is 2.70. The van der Waals surface area contributed by atoms with Crippen LogP contribution in [0.1, 0.15) is 36.6 Å². The summed E-state index contributed by atoms with van der Waals surface area (Å²) in [7, 11) is 0. The molecule has 6 nitrogen and oxygen atoms in total. The van der Waals surface area contributed by atoms with Crippen molar-refractivity contribution < 1.29 is 14.2 Å². The number of carbonyl (C=O) groups excluding carboxylic acids is 1. The minimum absolute atomic E-state index is 0.0878. The molecule has 2 rings (SSSR count). The van der Waals surface area contributed by atoms with E-state index in [1.54, 1.807) is 6.92 Å². The fourth-order valence-corrected chi connectivity index (χ4v) is 1.90. The van der Waals surface area contributed by atoms with Crippen LogP contribution in [0.3, 0.4) is 0 Å². The Bertz CT molecular complexity index is 635. The van der Waals surface area contributed by atoms with Crippen LogP contribution in [-0.4, -0.2) is 22.8 Å². The third kappa shape index (κ3) is 3.81. The van der Waals surface area contributed by atoms with Gasteiger partial charge in [-0.1, -0.05) is 31.1 Å². The van der Waals surface area contributed by atoms with Crippen molar-refractivity contribution in [3.8, 4) is 5.75 Å². The van der Waals surface area contributed by atoms with E-state index in [-0.39, 0.29) is 12.5 Å². The van der Waals surface area contributed by atoms with Gasteiger partial charge in [0.2, 0.25) is 0 Å². The highest BCUT2D eigenvalue weighted by Crippen LogP contribution is 2.27. The molecule has 21 heavy (non-hydrogen) atoms. The number of amides is 1. The minimum atomic E-state index is -0.301. The Morgan fingerprint density at radius 2 is 2.10 bits per heavy atom. The van der Waals surface area contributed by atoms with Gasteiger partial charge in [0.05, 0.1) is 0 Å². The van der Waals surface area contributed by atoms with Crippen molar-refractivity contribution in [1.82, 2.24) is 10.3 Å². The Morgan fingerprint density at radius 1 is 1.33 bits per heavy atom. The number of aromatic nitrogens is 2. The Morgan fingerprint density at radius 3 is 2.71 bits per heavy atom. The number of ether oxygens (including phenoxy) is 1. The normalized spacial score (nSPS) is 10.7. The quantitative estimate of drug-likeness (QED) is 0.915. The summed E-state index contributed by atoms with van der Waals surface area (Å²) < 4.78 is 10.2. The van der Waals surface area contributed by atoms with Crippen LogP contribution in [-0.2, 0) is 4.79 Å². The molecule has 0 saturated carbocycles. The molecule has 0 unspecified atom stereocenters. The first-order chi connectivity index (χ1) is 9.97. The highest BCUT2D eigenvalue weighted by Gasteiger charge is 2.12. The predicted octanol–water partition coefficient (Wildman–Crippen LogP) is 2.83. The van der Waals surface area contributed by atoms with Gasteiger partial charge in [-0.25, -0.2) is 4.63 Å². The van der Waals surface area contributed by atoms with E-state index in [1.165, 1.54) is 0 Å². The molecule has 0 atom stereocenters. The predicted molar refractivity (Wildman–Crippen MR) is 78.4 cm³/mol. The smallest absolute Gasteiger partial charge is 0.263 e. The molecule has 1 aromatic heterocycles. The monoisotopic (exact) mass is 289 g/mol. The SMILES string of the molecule is Cc1ccc(C(C)C)c(OCC(=O)Nc2nonc2C)c1. The first-order valence-electron chi connectivity index (χ1n) is 6.79. The molecule has 112 valence electrons. The summed E-state index contributed by atoms with van der Waals surface area (Å²) in [4.78, 5) is 11.9. The van der Waals surface area contributed by atoms with E-state index in [0.29, 0.717) is 17.4 Å². The molecule has 2 aromatic rings. The first kappa shape index (κ1) is 15.0. The second-order valence-electron chi connectivity index (χ2n) is 5.23. The Hall–Kier alpha value is -2.37. The lowest BCUT2D eigenvalue weighted by atomic mass is 10.0. The van der Waals surface area contributed by atoms with Crippen LogP contribution in [0, 0.1) is 13.8 Å². The van der Waals surface area contributed by atoms with Crippen molar-refractivity contribution in [3.63, 3.8) is 0 Å². The van der Waals surface area contributed by atoms with E-state index in [1.807, 2.05) is 25.1 Å². The van der Waals surface area contributed by atoms with Gasteiger partial charge in [-0.2, -0.15) is 0 Å². The largest absolute Gasteiger partial charge is 0.483 e. The molecular formula is C15H19N3O3. The van der Waals surface area contributed by atoms with Gasteiger partial charge in [0, 0.05) is 0 Å². The Kier molecular flexibility index (Phi) is 4.57. The highest BCUT2D eigenvalue weighted by molar-refractivity contribution is 5.91. The third-order valence-electron chi connectivity index (χ3n) is 3.06. The average Bonchev–Trinajstić information content (AvgIpc) is 2.81. The van der Waals surface area contributed by atoms with E-state index in [9.17, 15) is 4.79 Å². The number of hydrogen-bond donors (Lipinski definition) is 1. The van der Waals surface area contributed by atoms with Crippen LogP contribution in [0.4, 0.5) is 5.82 Å². The maximum absolute atomic E-state index is 11.9. The molecule has 0 aliphatic rings. The second kappa shape index (κ2) is 6.39. The molecule has 1 N–H and O–H groups in total. The zero-order chi connectivity index (χ0) is 15.4. The lowest BCUT2D eigenvalue weighted by Gasteiger charge is -2.14. The molecule has 0 aliphatic heterocycles. The number of rotatable bonds is 5. The summed E-state index contributed by atoms with van der Waals surface area (Å²) in [5.74, 6) is 1.07. The van der Waals surface area contributed by atoms with Gasteiger partial charge in [0.15, 0.2) is 12.4 Å². The number of nitrogens with one attached hydrogen (secondary N) is 1. The summed E-state index contributed by atoms with van der Waals surface area (Å²) in [6, 6.07) is 6.00. The minimum Gasteiger partial charge on any atom is -0.483 e. The lowest BCUT2D eigenvalue weighted by Crippen LogP contribution is -2.21. The van der Waals surface area contributed by atoms with E-state index < -0.39 is 0 Å². The molecule has 0 radical (unpaired) electrons. The maximum Gasteiger partial charge on any atom is 0.263 e. The number of carbonyl (C=O) groups is 1. The molecular weight excluding hydrogens is 270 g/mol. The summed E-state index contributed by atoms with van der Waals surface area (Å²) in [6.07, 6.45) is 0. The number of anilines is 1. The van der Waals surface area contributed by atoms with Crippen molar-refractivity contribution >= 4 is 11.7 Å². The number of nitrogens with zero attached hydrogens (tertiary/aromatic N) is 2. The van der Waals surface area contributed by atoms with E-state index in [2.05, 4.69) is 34.1 Å². The van der Waals surface area contributed by atoms with Gasteiger partial charge >= 0.3 is 0 Å². The number of hydrogen-bond acceptors (Lipinski definition) is 5. The molecule has 0 fully saturated rings. The Labute approximate surface area is 123 Å². The molecule has 6 heteroatoms. The van der Waals surface area contributed by atoms with E-state index >= 15 is 0 Å². The second-order valence-corrected chi connectivity index (χ2v) is 5.23. The molecule has 1 amide bonds. The fourth-order valence-electron chi connectivity index (χ4n) is 1.90. The van der Waals surface area contributed by atoms with Crippen LogP contribution in [0.2, 0.25) is 0 Å². The molecule has 1 heterocycles. The van der Waals surface area contributed by atoms with Gasteiger partial charge in [-0.3, -0.25) is 4.79 Å². The van der Waals surface area contributed by atoms with Crippen LogP contribution < -0.4 is 10.1 Å². The van der Waals surface area contributed by atoms with E-state index in [4.69, 9.17) is 4.74 Å². The third-order valence-corrected chi connectivity index (χ3v) is 3.06. The molecule has 0 spiro atoms. The summed E-state index contributed by atoms with van der Waals surface area (Å²) >= 11 is 0. The standard InChI is InChI=1S/C15H19N3O3/c1-9(2)12-6-5-10(3)7-13(12)20-8-14(19)16-15-11(4)17-21-18-15/h5-7,9H,8H2,1-4H3,(H,16,18,19). The summed E-state index contributed by atoms with van der Waals surface area (Å²) in [5, 5.41) is 9.78. The topological polar surface area (TPSA) is 77.2 Å². The molecule has 0 saturated heterocycles. The number of benzene rings is 1. The summed E-state index contributed by atoms with van der Waals surface area (Å²) in [6.45, 7) is 7.77. The van der Waals surface area contributed by atoms with Crippen molar-refractivity contribution in [2.45, 2.75) is 33.6 Å². The first-order valence-corrected chi connectivity index (χ1v) is 6.79. The molecule has 1 aromatic carbocycles. The van der Waals surface area contributed by atoms with Gasteiger partial charge < -0.3 is 10.1 Å². The van der Waals surface area contributed by atoms with Gasteiger partial charge in [0.1, 0.15) is 11.4 Å². The highest BCUT2D eigenvalue weighted by atomic mass is 16.6. The van der Waals surface area contributed by atoms with Crippen molar-refractivity contribution in [3.05, 3.63) is 35.0 Å². The number of aryl methyl sites for hydroxylation is 2. The fraction of sp³-hybridized carbons (Fsp3) is 0.400. The van der Waals surface area contributed by atoms with E-state index in [0.717, 1.165) is 16.9 Å². The van der Waals surface area contributed by atoms with Crippen molar-refractivity contribution in [1.29, 1.82) is 0 Å². The van der Waals surface area contributed by atoms with Crippen LogP contribution in [0.25, 0.3) is 0 Å². The van der Waals surface area contributed by atoms with Crippen LogP contribution in [0.5, 0.6) is 5.75 Å². The van der Waals surface area contributed by atoms with Gasteiger partial charge in [-0.15, -0.1) is 0 Å². The lowest BCUT2D eigenvalue weighted by molar-refractivity contribution is -0.118. The van der Waals surface area contributed by atoms with Crippen LogP contribution in [0.15, 0.2) is 22.8 Å². The zero-order valence-electron chi connectivity index (χ0n) is 12.6. The van der Waals surface area contributed by atoms with Crippen molar-refractivity contribution in [2.24, 2.45) is 0 Å².